The molecule has 0 aliphatic heterocycles. The van der Waals surface area contributed by atoms with Crippen molar-refractivity contribution in [1.29, 1.82) is 0 Å². The smallest absolute Gasteiger partial charge is 0.255 e. The van der Waals surface area contributed by atoms with Gasteiger partial charge in [0.15, 0.2) is 0 Å². The van der Waals surface area contributed by atoms with E-state index in [2.05, 4.69) is 10.1 Å². The Hall–Kier alpha value is -1.77. The molecule has 0 aliphatic rings. The van der Waals surface area contributed by atoms with Gasteiger partial charge in [-0.05, 0) is 49.6 Å². The molecule has 1 aromatic carbocycles. The number of sulfonamides is 1. The van der Waals surface area contributed by atoms with Gasteiger partial charge in [-0.15, -0.1) is 0 Å². The van der Waals surface area contributed by atoms with Crippen LogP contribution in [0.1, 0.15) is 35.6 Å². The largest absolute Gasteiger partial charge is 0.372 e. The van der Waals surface area contributed by atoms with E-state index in [1.54, 1.807) is 7.11 Å². The minimum Gasteiger partial charge on any atom is -0.372 e. The summed E-state index contributed by atoms with van der Waals surface area (Å²) in [6.07, 6.45) is -0.287. The molecule has 0 spiro atoms. The van der Waals surface area contributed by atoms with Crippen LogP contribution in [0.5, 0.6) is 0 Å². The van der Waals surface area contributed by atoms with E-state index in [0.29, 0.717) is 17.3 Å². The van der Waals surface area contributed by atoms with Crippen molar-refractivity contribution >= 4 is 10.0 Å². The zero-order valence-corrected chi connectivity index (χ0v) is 13.8. The van der Waals surface area contributed by atoms with E-state index in [0.717, 1.165) is 16.7 Å². The summed E-state index contributed by atoms with van der Waals surface area (Å²) < 4.78 is 32.9. The van der Waals surface area contributed by atoms with Crippen LogP contribution in [0, 0.1) is 13.8 Å². The zero-order chi connectivity index (χ0) is 16.5. The average Bonchev–Trinajstić information content (AvgIpc) is 2.90. The fourth-order valence-electron chi connectivity index (χ4n) is 2.17. The van der Waals surface area contributed by atoms with Crippen LogP contribution >= 0.6 is 0 Å². The fraction of sp³-hybridized carbons (Fsp3) is 0.429. The third-order valence-electron chi connectivity index (χ3n) is 3.44. The van der Waals surface area contributed by atoms with Crippen LogP contribution in [-0.2, 0) is 20.5 Å². The molecule has 0 radical (unpaired) electrons. The van der Waals surface area contributed by atoms with Gasteiger partial charge in [-0.25, -0.2) is 13.6 Å². The van der Waals surface area contributed by atoms with Gasteiger partial charge in [-0.3, -0.25) is 0 Å². The van der Waals surface area contributed by atoms with Crippen molar-refractivity contribution in [2.24, 2.45) is 5.14 Å². The lowest BCUT2D eigenvalue weighted by Gasteiger charge is -2.10. The maximum absolute atomic E-state index is 11.3. The average molecular weight is 325 g/mol. The Morgan fingerprint density at radius 3 is 2.41 bits per heavy atom. The summed E-state index contributed by atoms with van der Waals surface area (Å²) in [7, 11) is -2.02. The number of hydrogen-bond donors (Lipinski definition) is 1. The number of aryl methyl sites for hydroxylation is 2. The molecule has 120 valence electrons. The summed E-state index contributed by atoms with van der Waals surface area (Å²) in [5.41, 5.74) is 3.08. The SMILES string of the molecule is CO[C@@H](C)c1nc(-c2cc(C)c(CS(N)(=O)=O)c(C)c2)no1. The molecule has 0 amide bonds. The van der Waals surface area contributed by atoms with Gasteiger partial charge in [-0.1, -0.05) is 5.16 Å². The van der Waals surface area contributed by atoms with Crippen LogP contribution in [0.25, 0.3) is 11.4 Å². The highest BCUT2D eigenvalue weighted by Gasteiger charge is 2.17. The molecule has 1 aromatic heterocycles. The van der Waals surface area contributed by atoms with Crippen molar-refractivity contribution in [3.63, 3.8) is 0 Å². The highest BCUT2D eigenvalue weighted by atomic mass is 32.2. The second-order valence-corrected chi connectivity index (χ2v) is 6.84. The van der Waals surface area contributed by atoms with E-state index in [9.17, 15) is 8.42 Å². The van der Waals surface area contributed by atoms with Gasteiger partial charge in [0, 0.05) is 12.7 Å². The Morgan fingerprint density at radius 1 is 1.32 bits per heavy atom. The van der Waals surface area contributed by atoms with Crippen molar-refractivity contribution in [3.8, 4) is 11.4 Å². The monoisotopic (exact) mass is 325 g/mol. The third kappa shape index (κ3) is 3.70. The number of nitrogens with zero attached hydrogens (tertiary/aromatic N) is 2. The highest BCUT2D eigenvalue weighted by molar-refractivity contribution is 7.88. The Bertz CT molecular complexity index is 760. The van der Waals surface area contributed by atoms with Crippen molar-refractivity contribution in [2.45, 2.75) is 32.6 Å². The van der Waals surface area contributed by atoms with Crippen LogP contribution in [0.15, 0.2) is 16.7 Å². The molecule has 1 atom stereocenters. The standard InChI is InChI=1S/C14H19N3O4S/c1-8-5-11(6-9(2)12(8)7-22(15,18)19)13-16-14(21-17-13)10(3)20-4/h5-6,10H,7H2,1-4H3,(H2,15,18,19)/t10-/m0/s1. The van der Waals surface area contributed by atoms with E-state index < -0.39 is 10.0 Å². The molecule has 0 saturated heterocycles. The van der Waals surface area contributed by atoms with Crippen molar-refractivity contribution in [2.75, 3.05) is 7.11 Å². The van der Waals surface area contributed by atoms with Crippen LogP contribution in [0.2, 0.25) is 0 Å². The van der Waals surface area contributed by atoms with Crippen LogP contribution < -0.4 is 5.14 Å². The number of nitrogens with two attached hydrogens (primary N) is 1. The maximum Gasteiger partial charge on any atom is 0.255 e. The summed E-state index contributed by atoms with van der Waals surface area (Å²) in [4.78, 5) is 4.29. The molecule has 22 heavy (non-hydrogen) atoms. The first kappa shape index (κ1) is 16.6. The van der Waals surface area contributed by atoms with Crippen LogP contribution in [-0.4, -0.2) is 25.7 Å². The summed E-state index contributed by atoms with van der Waals surface area (Å²) in [5.74, 6) is 0.636. The summed E-state index contributed by atoms with van der Waals surface area (Å²) in [6.45, 7) is 5.47. The molecular formula is C14H19N3O4S. The molecule has 0 saturated carbocycles. The Morgan fingerprint density at radius 2 is 1.91 bits per heavy atom. The normalized spacial score (nSPS) is 13.3. The summed E-state index contributed by atoms with van der Waals surface area (Å²) in [5, 5.41) is 9.06. The van der Waals surface area contributed by atoms with Gasteiger partial charge < -0.3 is 9.26 Å². The fourth-order valence-corrected chi connectivity index (χ4v) is 3.03. The van der Waals surface area contributed by atoms with Gasteiger partial charge in [-0.2, -0.15) is 4.98 Å². The lowest BCUT2D eigenvalue weighted by atomic mass is 10.0. The molecule has 0 unspecified atom stereocenters. The minimum atomic E-state index is -3.58. The molecule has 2 aromatic rings. The number of rotatable bonds is 5. The quantitative estimate of drug-likeness (QED) is 0.898. The number of aromatic nitrogens is 2. The molecule has 1 heterocycles. The second-order valence-electron chi connectivity index (χ2n) is 5.23. The molecule has 2 N–H and O–H groups in total. The summed E-state index contributed by atoms with van der Waals surface area (Å²) >= 11 is 0. The molecule has 2 rings (SSSR count). The molecular weight excluding hydrogens is 306 g/mol. The maximum atomic E-state index is 11.3. The molecule has 0 aliphatic carbocycles. The third-order valence-corrected chi connectivity index (χ3v) is 4.13. The van der Waals surface area contributed by atoms with Gasteiger partial charge in [0.1, 0.15) is 6.10 Å². The first-order valence-electron chi connectivity index (χ1n) is 6.68. The topological polar surface area (TPSA) is 108 Å². The van der Waals surface area contributed by atoms with Gasteiger partial charge >= 0.3 is 0 Å². The number of primary sulfonamides is 1. The predicted octanol–water partition coefficient (Wildman–Crippen LogP) is 1.85. The first-order valence-corrected chi connectivity index (χ1v) is 8.40. The first-order chi connectivity index (χ1) is 10.2. The lowest BCUT2D eigenvalue weighted by molar-refractivity contribution is 0.0886. The lowest BCUT2D eigenvalue weighted by Crippen LogP contribution is -2.16. The zero-order valence-electron chi connectivity index (χ0n) is 13.0. The molecule has 7 nitrogen and oxygen atoms in total. The van der Waals surface area contributed by atoms with Crippen LogP contribution in [0.3, 0.4) is 0 Å². The highest BCUT2D eigenvalue weighted by Crippen LogP contribution is 2.25. The van der Waals surface area contributed by atoms with Crippen LogP contribution in [0.4, 0.5) is 0 Å². The van der Waals surface area contributed by atoms with Crippen molar-refractivity contribution < 1.29 is 17.7 Å². The van der Waals surface area contributed by atoms with E-state index in [1.807, 2.05) is 32.9 Å². The van der Waals surface area contributed by atoms with Gasteiger partial charge in [0.2, 0.25) is 15.8 Å². The number of ether oxygens (including phenoxy) is 1. The molecule has 0 fully saturated rings. The molecule has 8 heteroatoms. The summed E-state index contributed by atoms with van der Waals surface area (Å²) in [6, 6.07) is 3.64. The number of benzene rings is 1. The number of hydrogen-bond acceptors (Lipinski definition) is 6. The van der Waals surface area contributed by atoms with Crippen molar-refractivity contribution in [1.82, 2.24) is 10.1 Å². The predicted molar refractivity (Wildman–Crippen MR) is 81.4 cm³/mol. The number of methoxy groups -OCH3 is 1. The Kier molecular flexibility index (Phi) is 4.64. The van der Waals surface area contributed by atoms with Crippen molar-refractivity contribution in [3.05, 3.63) is 34.7 Å². The van der Waals surface area contributed by atoms with E-state index in [4.69, 9.17) is 14.4 Å². The minimum absolute atomic E-state index is 0.191. The van der Waals surface area contributed by atoms with Gasteiger partial charge in [0.05, 0.1) is 5.75 Å². The Balaban J connectivity index is 2.40. The van der Waals surface area contributed by atoms with E-state index in [-0.39, 0.29) is 11.9 Å². The van der Waals surface area contributed by atoms with E-state index >= 15 is 0 Å². The van der Waals surface area contributed by atoms with E-state index in [1.165, 1.54) is 0 Å². The van der Waals surface area contributed by atoms with Gasteiger partial charge in [0.25, 0.3) is 5.89 Å². The molecule has 0 bridgehead atoms. The second kappa shape index (κ2) is 6.15. The Labute approximate surface area is 129 Å².